The lowest BCUT2D eigenvalue weighted by atomic mass is 9.99. The molecule has 0 saturated heterocycles. The molecule has 0 saturated carbocycles. The first-order chi connectivity index (χ1) is 13.9. The Morgan fingerprint density at radius 1 is 1.17 bits per heavy atom. The van der Waals surface area contributed by atoms with Crippen molar-refractivity contribution in [3.63, 3.8) is 0 Å². The van der Waals surface area contributed by atoms with Gasteiger partial charge in [-0.25, -0.2) is 4.79 Å². The molecule has 0 bridgehead atoms. The van der Waals surface area contributed by atoms with Crippen LogP contribution in [0.2, 0.25) is 0 Å². The molecule has 1 aliphatic rings. The molecule has 0 amide bonds. The zero-order valence-corrected chi connectivity index (χ0v) is 18.2. The zero-order chi connectivity index (χ0) is 21.2. The number of aliphatic hydroxyl groups excluding tert-OH is 1. The van der Waals surface area contributed by atoms with Crippen LogP contribution < -0.4 is 0 Å². The van der Waals surface area contributed by atoms with Crippen LogP contribution in [0.3, 0.4) is 0 Å². The van der Waals surface area contributed by atoms with Gasteiger partial charge in [-0.1, -0.05) is 30.2 Å². The minimum atomic E-state index is -0.453. The van der Waals surface area contributed by atoms with Crippen molar-refractivity contribution in [2.45, 2.75) is 72.6 Å². The van der Waals surface area contributed by atoms with Gasteiger partial charge < -0.3 is 14.3 Å². The van der Waals surface area contributed by atoms with E-state index in [1.165, 1.54) is 16.7 Å². The van der Waals surface area contributed by atoms with E-state index in [2.05, 4.69) is 32.9 Å². The van der Waals surface area contributed by atoms with Crippen molar-refractivity contribution in [1.82, 2.24) is 0 Å². The van der Waals surface area contributed by atoms with Crippen LogP contribution in [0.4, 0.5) is 0 Å². The Hall–Kier alpha value is -2.49. The van der Waals surface area contributed by atoms with Crippen molar-refractivity contribution < 1.29 is 19.1 Å². The highest BCUT2D eigenvalue weighted by Crippen LogP contribution is 2.26. The number of aryl methyl sites for hydroxylation is 1. The number of allylic oxidation sites excluding steroid dienone is 5. The van der Waals surface area contributed by atoms with Gasteiger partial charge >= 0.3 is 5.97 Å². The Kier molecular flexibility index (Phi) is 9.04. The molecule has 4 heteroatoms. The minimum Gasteiger partial charge on any atom is -0.504 e. The van der Waals surface area contributed by atoms with E-state index in [-0.39, 0.29) is 17.3 Å². The Balaban J connectivity index is 1.63. The molecule has 1 aromatic rings. The molecule has 0 unspecified atom stereocenters. The predicted octanol–water partition coefficient (Wildman–Crippen LogP) is 6.96. The van der Waals surface area contributed by atoms with E-state index in [0.717, 1.165) is 44.9 Å². The lowest BCUT2D eigenvalue weighted by Gasteiger charge is -2.08. The van der Waals surface area contributed by atoms with E-state index in [1.807, 2.05) is 18.4 Å². The highest BCUT2D eigenvalue weighted by atomic mass is 16.6. The number of rotatable bonds is 11. The fraction of sp³-hybridized carbons (Fsp3) is 0.480. The first kappa shape index (κ1) is 22.8. The molecule has 0 fully saturated rings. The number of aliphatic hydroxyl groups is 1. The third-order valence-electron chi connectivity index (χ3n) is 5.30. The highest BCUT2D eigenvalue weighted by Gasteiger charge is 2.26. The molecule has 0 aromatic carbocycles. The van der Waals surface area contributed by atoms with Crippen molar-refractivity contribution in [3.8, 4) is 0 Å². The van der Waals surface area contributed by atoms with Crippen LogP contribution in [-0.2, 0) is 16.0 Å². The fourth-order valence-corrected chi connectivity index (χ4v) is 3.33. The first-order valence-electron chi connectivity index (χ1n) is 10.5. The molecular formula is C25H34O4. The van der Waals surface area contributed by atoms with Crippen molar-refractivity contribution in [2.24, 2.45) is 5.92 Å². The quantitative estimate of drug-likeness (QED) is 0.323. The second-order valence-electron chi connectivity index (χ2n) is 8.07. The Bertz CT molecular complexity index is 791. The highest BCUT2D eigenvalue weighted by molar-refractivity contribution is 5.93. The summed E-state index contributed by atoms with van der Waals surface area (Å²) in [6.45, 7) is 8.05. The lowest BCUT2D eigenvalue weighted by Crippen LogP contribution is -1.97. The lowest BCUT2D eigenvalue weighted by molar-refractivity contribution is -0.133. The molecule has 158 valence electrons. The number of hydrogen-bond acceptors (Lipinski definition) is 4. The molecule has 0 aliphatic carbocycles. The van der Waals surface area contributed by atoms with E-state index in [4.69, 9.17) is 9.15 Å². The van der Waals surface area contributed by atoms with Crippen molar-refractivity contribution in [2.75, 3.05) is 0 Å². The fourth-order valence-electron chi connectivity index (χ4n) is 3.33. The van der Waals surface area contributed by atoms with E-state index < -0.39 is 5.97 Å². The maximum Gasteiger partial charge on any atom is 0.343 e. The molecule has 1 aromatic heterocycles. The normalized spacial score (nSPS) is 17.9. The average Bonchev–Trinajstić information content (AvgIpc) is 3.27. The van der Waals surface area contributed by atoms with Gasteiger partial charge in [-0.05, 0) is 89.3 Å². The van der Waals surface area contributed by atoms with Gasteiger partial charge in [-0.2, -0.15) is 0 Å². The number of cyclic esters (lactones) is 1. The number of ether oxygens (including phenoxy) is 1. The van der Waals surface area contributed by atoms with Crippen LogP contribution in [0.1, 0.15) is 71.8 Å². The standard InChI is InChI=1S/C25H34O4/c1-18(8-5-9-19(2)11-7-13-22-14-15-28-17-22)10-6-12-20(3)16-23-24(26)21(4)25(27)29-23/h8,11,14-17,20,26H,5-7,9-10,12-13H2,1-4H3/b18-8-,19-11+,23-16-/t20-/m0/s1. The summed E-state index contributed by atoms with van der Waals surface area (Å²) in [7, 11) is 0. The van der Waals surface area contributed by atoms with Gasteiger partial charge in [-0.15, -0.1) is 0 Å². The van der Waals surface area contributed by atoms with Gasteiger partial charge in [-0.3, -0.25) is 0 Å². The molecular weight excluding hydrogens is 364 g/mol. The summed E-state index contributed by atoms with van der Waals surface area (Å²) in [5.41, 5.74) is 4.39. The Morgan fingerprint density at radius 2 is 1.90 bits per heavy atom. The van der Waals surface area contributed by atoms with Gasteiger partial charge in [0.05, 0.1) is 18.1 Å². The molecule has 2 rings (SSSR count). The first-order valence-corrected chi connectivity index (χ1v) is 10.5. The van der Waals surface area contributed by atoms with E-state index in [1.54, 1.807) is 13.2 Å². The summed E-state index contributed by atoms with van der Waals surface area (Å²) in [4.78, 5) is 11.4. The second kappa shape index (κ2) is 11.5. The summed E-state index contributed by atoms with van der Waals surface area (Å²) >= 11 is 0. The number of hydrogen-bond donors (Lipinski definition) is 1. The van der Waals surface area contributed by atoms with E-state index in [9.17, 15) is 9.90 Å². The summed E-state index contributed by atoms with van der Waals surface area (Å²) in [5.74, 6) is 0.0815. The van der Waals surface area contributed by atoms with Crippen molar-refractivity contribution in [3.05, 3.63) is 70.6 Å². The predicted molar refractivity (Wildman–Crippen MR) is 116 cm³/mol. The molecule has 1 N–H and O–H groups in total. The summed E-state index contributed by atoms with van der Waals surface area (Å²) < 4.78 is 10.2. The van der Waals surface area contributed by atoms with Crippen LogP contribution >= 0.6 is 0 Å². The molecule has 1 aliphatic heterocycles. The van der Waals surface area contributed by atoms with Crippen LogP contribution in [0.5, 0.6) is 0 Å². The molecule has 4 nitrogen and oxygen atoms in total. The molecule has 0 spiro atoms. The van der Waals surface area contributed by atoms with Crippen LogP contribution in [0.15, 0.2) is 69.5 Å². The van der Waals surface area contributed by atoms with Gasteiger partial charge in [0, 0.05) is 0 Å². The second-order valence-corrected chi connectivity index (χ2v) is 8.07. The minimum absolute atomic E-state index is 0.0221. The molecule has 29 heavy (non-hydrogen) atoms. The summed E-state index contributed by atoms with van der Waals surface area (Å²) in [6, 6.07) is 2.02. The topological polar surface area (TPSA) is 59.7 Å². The van der Waals surface area contributed by atoms with E-state index >= 15 is 0 Å². The largest absolute Gasteiger partial charge is 0.504 e. The van der Waals surface area contributed by atoms with Crippen LogP contribution in [0.25, 0.3) is 0 Å². The third kappa shape index (κ3) is 7.80. The molecule has 0 radical (unpaired) electrons. The van der Waals surface area contributed by atoms with Crippen LogP contribution in [-0.4, -0.2) is 11.1 Å². The summed E-state index contributed by atoms with van der Waals surface area (Å²) in [5, 5.41) is 9.88. The number of furan rings is 1. The van der Waals surface area contributed by atoms with Gasteiger partial charge in [0.15, 0.2) is 11.5 Å². The van der Waals surface area contributed by atoms with E-state index in [0.29, 0.717) is 5.76 Å². The number of carbonyl (C=O) groups is 1. The monoisotopic (exact) mass is 398 g/mol. The molecule has 2 heterocycles. The van der Waals surface area contributed by atoms with Crippen molar-refractivity contribution in [1.29, 1.82) is 0 Å². The average molecular weight is 399 g/mol. The number of carbonyl (C=O) groups excluding carboxylic acids is 1. The SMILES string of the molecule is CC1=C(O)/C(=C/[C@@H](C)CCC/C(C)=C\CC/C(C)=C/CCc2ccoc2)OC1=O. The van der Waals surface area contributed by atoms with Crippen molar-refractivity contribution >= 4 is 5.97 Å². The van der Waals surface area contributed by atoms with Gasteiger partial charge in [0.1, 0.15) is 0 Å². The van der Waals surface area contributed by atoms with Gasteiger partial charge in [0.25, 0.3) is 0 Å². The maximum atomic E-state index is 11.4. The van der Waals surface area contributed by atoms with Crippen LogP contribution in [0, 0.1) is 5.92 Å². The third-order valence-corrected chi connectivity index (χ3v) is 5.30. The molecule has 1 atom stereocenters. The Labute approximate surface area is 174 Å². The number of esters is 1. The zero-order valence-electron chi connectivity index (χ0n) is 18.2. The maximum absolute atomic E-state index is 11.4. The Morgan fingerprint density at radius 3 is 2.55 bits per heavy atom. The smallest absolute Gasteiger partial charge is 0.343 e. The van der Waals surface area contributed by atoms with Gasteiger partial charge in [0.2, 0.25) is 0 Å². The summed E-state index contributed by atoms with van der Waals surface area (Å²) in [6.07, 6.45) is 17.4.